The summed E-state index contributed by atoms with van der Waals surface area (Å²) < 4.78 is 33.5. The Morgan fingerprint density at radius 2 is 1.70 bits per heavy atom. The topological polar surface area (TPSA) is 75.7 Å². The van der Waals surface area contributed by atoms with Gasteiger partial charge in [0.15, 0.2) is 0 Å². The number of nitrogens with one attached hydrogen (secondary N) is 1. The Kier molecular flexibility index (Phi) is 10.0. The smallest absolute Gasteiger partial charge is 0.411 e. The quantitative estimate of drug-likeness (QED) is 0.270. The molecule has 1 aromatic carbocycles. The molecule has 1 N–H and O–H groups in total. The SMILES string of the molecule is CC(C)CCC[C@H](C)[C@H]1CC[C@H]2[C@@H]3CC=C4C[C@@H](OC(=O)Nc5ccc(S(=O)(=O)N6CCCCC6)cc5)CC[C@]4(C)[C@H]3CC[C@]12C. The Morgan fingerprint density at radius 1 is 0.957 bits per heavy atom. The molecule has 1 amide bonds. The zero-order valence-corrected chi connectivity index (χ0v) is 30.0. The third-order valence-corrected chi connectivity index (χ3v) is 15.5. The van der Waals surface area contributed by atoms with E-state index in [1.54, 1.807) is 28.6 Å². The summed E-state index contributed by atoms with van der Waals surface area (Å²) in [6.07, 6.45) is 18.5. The first-order valence-corrected chi connectivity index (χ1v) is 20.1. The summed E-state index contributed by atoms with van der Waals surface area (Å²) >= 11 is 0. The van der Waals surface area contributed by atoms with E-state index in [9.17, 15) is 13.2 Å². The molecule has 8 atom stereocenters. The van der Waals surface area contributed by atoms with Crippen molar-refractivity contribution in [2.75, 3.05) is 18.4 Å². The van der Waals surface area contributed by atoms with Crippen LogP contribution in [0.2, 0.25) is 0 Å². The number of sulfonamides is 1. The standard InChI is InChI=1S/C39H60N2O4S/c1-27(2)10-9-11-28(3)34-18-19-35-33-17-12-29-26-31(20-22-38(29,4)36(33)21-23-39(34,35)5)45-37(42)40-30-13-15-32(16-14-30)46(43,44)41-24-7-6-8-25-41/h12-16,27-28,31,33-36H,6-11,17-26H2,1-5H3,(H,40,42)/t28-,31-,33-,34+,35-,36-,38-,39+/m0/s1. The van der Waals surface area contributed by atoms with Crippen LogP contribution in [0.15, 0.2) is 40.8 Å². The first-order valence-electron chi connectivity index (χ1n) is 18.7. The number of piperidine rings is 1. The largest absolute Gasteiger partial charge is 0.446 e. The van der Waals surface area contributed by atoms with Crippen LogP contribution in [0, 0.1) is 46.3 Å². The van der Waals surface area contributed by atoms with E-state index in [0.29, 0.717) is 24.2 Å². The van der Waals surface area contributed by atoms with Crippen LogP contribution in [0.3, 0.4) is 0 Å². The van der Waals surface area contributed by atoms with Crippen molar-refractivity contribution in [1.29, 1.82) is 0 Å². The van der Waals surface area contributed by atoms with Crippen molar-refractivity contribution in [3.8, 4) is 0 Å². The van der Waals surface area contributed by atoms with Gasteiger partial charge in [-0.25, -0.2) is 13.2 Å². The Hall–Kier alpha value is -1.86. The lowest BCUT2D eigenvalue weighted by Gasteiger charge is -2.58. The molecular weight excluding hydrogens is 593 g/mol. The fraction of sp³-hybridized carbons (Fsp3) is 0.769. The fourth-order valence-corrected chi connectivity index (χ4v) is 12.5. The van der Waals surface area contributed by atoms with Crippen LogP contribution in [0.25, 0.3) is 0 Å². The number of carbonyl (C=O) groups excluding carboxylic acids is 1. The van der Waals surface area contributed by atoms with Gasteiger partial charge in [-0.2, -0.15) is 4.31 Å². The lowest BCUT2D eigenvalue weighted by molar-refractivity contribution is -0.0577. The summed E-state index contributed by atoms with van der Waals surface area (Å²) in [5, 5.41) is 2.85. The molecule has 0 aromatic heterocycles. The highest BCUT2D eigenvalue weighted by Gasteiger charge is 2.59. The summed E-state index contributed by atoms with van der Waals surface area (Å²) in [5.74, 6) is 4.90. The van der Waals surface area contributed by atoms with E-state index in [1.807, 2.05) is 0 Å². The second kappa shape index (κ2) is 13.6. The highest BCUT2D eigenvalue weighted by atomic mass is 32.2. The first kappa shape index (κ1) is 34.0. The number of amides is 1. The van der Waals surface area contributed by atoms with Crippen molar-refractivity contribution < 1.29 is 17.9 Å². The molecule has 1 saturated heterocycles. The maximum absolute atomic E-state index is 13.0. The van der Waals surface area contributed by atoms with Crippen LogP contribution in [0.1, 0.15) is 125 Å². The van der Waals surface area contributed by atoms with Crippen molar-refractivity contribution in [3.05, 3.63) is 35.9 Å². The van der Waals surface area contributed by atoms with Gasteiger partial charge in [-0.3, -0.25) is 5.32 Å². The van der Waals surface area contributed by atoms with Crippen molar-refractivity contribution in [1.82, 2.24) is 4.31 Å². The number of allylic oxidation sites excluding steroid dienone is 1. The summed E-state index contributed by atoms with van der Waals surface area (Å²) in [5.41, 5.74) is 2.79. The molecule has 1 aliphatic heterocycles. The second-order valence-electron chi connectivity index (χ2n) is 16.7. The van der Waals surface area contributed by atoms with E-state index in [0.717, 1.165) is 74.0 Å². The maximum atomic E-state index is 13.0. The highest BCUT2D eigenvalue weighted by Crippen LogP contribution is 2.67. The number of fused-ring (bicyclic) bond motifs is 5. The zero-order valence-electron chi connectivity index (χ0n) is 29.2. The summed E-state index contributed by atoms with van der Waals surface area (Å²) in [4.78, 5) is 13.2. The van der Waals surface area contributed by atoms with Gasteiger partial charge in [0.1, 0.15) is 6.10 Å². The lowest BCUT2D eigenvalue weighted by Crippen LogP contribution is -2.51. The molecule has 6 nitrogen and oxygen atoms in total. The molecule has 46 heavy (non-hydrogen) atoms. The van der Waals surface area contributed by atoms with E-state index < -0.39 is 16.1 Å². The molecule has 5 aliphatic rings. The Bertz CT molecular complexity index is 1370. The molecular formula is C39H60N2O4S. The second-order valence-corrected chi connectivity index (χ2v) is 18.6. The van der Waals surface area contributed by atoms with E-state index in [-0.39, 0.29) is 16.4 Å². The number of rotatable bonds is 9. The average Bonchev–Trinajstić information content (AvgIpc) is 3.39. The fourth-order valence-electron chi connectivity index (χ4n) is 11.0. The minimum atomic E-state index is -3.49. The molecule has 3 saturated carbocycles. The van der Waals surface area contributed by atoms with Crippen molar-refractivity contribution in [2.45, 2.75) is 136 Å². The molecule has 0 bridgehead atoms. The Balaban J connectivity index is 1.04. The van der Waals surface area contributed by atoms with Gasteiger partial charge in [0.05, 0.1) is 4.90 Å². The summed E-state index contributed by atoms with van der Waals surface area (Å²) in [7, 11) is -3.49. The molecule has 0 unspecified atom stereocenters. The van der Waals surface area contributed by atoms with E-state index >= 15 is 0 Å². The number of carbonyl (C=O) groups is 1. The van der Waals surface area contributed by atoms with E-state index in [2.05, 4.69) is 46.0 Å². The van der Waals surface area contributed by atoms with Gasteiger partial charge in [0, 0.05) is 25.2 Å². The van der Waals surface area contributed by atoms with Gasteiger partial charge in [-0.05, 0) is 128 Å². The number of anilines is 1. The van der Waals surface area contributed by atoms with E-state index in [4.69, 9.17) is 4.74 Å². The molecule has 4 fully saturated rings. The maximum Gasteiger partial charge on any atom is 0.411 e. The van der Waals surface area contributed by atoms with Crippen LogP contribution >= 0.6 is 0 Å². The van der Waals surface area contributed by atoms with Gasteiger partial charge >= 0.3 is 6.09 Å². The first-order chi connectivity index (χ1) is 21.9. The number of ether oxygens (including phenoxy) is 1. The lowest BCUT2D eigenvalue weighted by atomic mass is 9.47. The van der Waals surface area contributed by atoms with Crippen molar-refractivity contribution >= 4 is 21.8 Å². The van der Waals surface area contributed by atoms with Crippen LogP contribution in [-0.2, 0) is 14.8 Å². The average molecular weight is 653 g/mol. The monoisotopic (exact) mass is 652 g/mol. The van der Waals surface area contributed by atoms with Gasteiger partial charge in [-0.1, -0.05) is 72.0 Å². The van der Waals surface area contributed by atoms with Gasteiger partial charge in [-0.15, -0.1) is 0 Å². The van der Waals surface area contributed by atoms with Crippen LogP contribution in [0.5, 0.6) is 0 Å². The highest BCUT2D eigenvalue weighted by molar-refractivity contribution is 7.89. The number of hydrogen-bond donors (Lipinski definition) is 1. The molecule has 1 aromatic rings. The normalized spacial score (nSPS) is 35.4. The molecule has 256 valence electrons. The Labute approximate surface area is 279 Å². The van der Waals surface area contributed by atoms with Crippen LogP contribution in [-0.4, -0.2) is 38.0 Å². The zero-order chi connectivity index (χ0) is 32.7. The van der Waals surface area contributed by atoms with Gasteiger partial charge in [0.2, 0.25) is 10.0 Å². The molecule has 0 radical (unpaired) electrons. The number of benzene rings is 1. The number of hydrogen-bond acceptors (Lipinski definition) is 4. The van der Waals surface area contributed by atoms with Crippen LogP contribution in [0.4, 0.5) is 10.5 Å². The minimum absolute atomic E-state index is 0.119. The van der Waals surface area contributed by atoms with Crippen molar-refractivity contribution in [3.63, 3.8) is 0 Å². The molecule has 0 spiro atoms. The third-order valence-electron chi connectivity index (χ3n) is 13.6. The predicted molar refractivity (Wildman–Crippen MR) is 186 cm³/mol. The molecule has 4 aliphatic carbocycles. The third kappa shape index (κ3) is 6.58. The summed E-state index contributed by atoms with van der Waals surface area (Å²) in [6.45, 7) is 13.6. The van der Waals surface area contributed by atoms with Crippen LogP contribution < -0.4 is 5.32 Å². The molecule has 6 rings (SSSR count). The molecule has 1 heterocycles. The van der Waals surface area contributed by atoms with Gasteiger partial charge in [0.25, 0.3) is 0 Å². The predicted octanol–water partition coefficient (Wildman–Crippen LogP) is 9.82. The van der Waals surface area contributed by atoms with Gasteiger partial charge < -0.3 is 4.74 Å². The summed E-state index contributed by atoms with van der Waals surface area (Å²) in [6, 6.07) is 6.50. The molecule has 7 heteroatoms. The van der Waals surface area contributed by atoms with E-state index in [1.165, 1.54) is 56.9 Å². The number of nitrogens with zero attached hydrogens (tertiary/aromatic N) is 1. The van der Waals surface area contributed by atoms with Crippen molar-refractivity contribution in [2.24, 2.45) is 46.3 Å². The Morgan fingerprint density at radius 3 is 2.41 bits per heavy atom. The minimum Gasteiger partial charge on any atom is -0.446 e.